The Kier molecular flexibility index (Phi) is 6.73. The summed E-state index contributed by atoms with van der Waals surface area (Å²) < 4.78 is 12.7. The van der Waals surface area contributed by atoms with Crippen LogP contribution in [-0.2, 0) is 11.3 Å². The summed E-state index contributed by atoms with van der Waals surface area (Å²) >= 11 is 0. The van der Waals surface area contributed by atoms with Crippen molar-refractivity contribution in [3.63, 3.8) is 0 Å². The molecule has 30 heavy (non-hydrogen) atoms. The molecule has 2 heterocycles. The first-order valence-electron chi connectivity index (χ1n) is 9.67. The number of ether oxygens (including phenoxy) is 2. The molecule has 0 saturated carbocycles. The van der Waals surface area contributed by atoms with Gasteiger partial charge in [-0.15, -0.1) is 5.10 Å². The van der Waals surface area contributed by atoms with E-state index in [1.54, 1.807) is 16.8 Å². The van der Waals surface area contributed by atoms with Gasteiger partial charge in [-0.3, -0.25) is 4.79 Å². The molecule has 0 aliphatic heterocycles. The van der Waals surface area contributed by atoms with Crippen LogP contribution < -0.4 is 10.1 Å². The average Bonchev–Trinajstić information content (AvgIpc) is 3.18. The fourth-order valence-corrected chi connectivity index (χ4v) is 2.56. The maximum Gasteiger partial charge on any atom is 0.253 e. The van der Waals surface area contributed by atoms with Crippen molar-refractivity contribution in [3.8, 4) is 11.6 Å². The van der Waals surface area contributed by atoms with Crippen molar-refractivity contribution < 1.29 is 14.3 Å². The van der Waals surface area contributed by atoms with Crippen molar-refractivity contribution >= 4 is 5.91 Å². The second kappa shape index (κ2) is 9.45. The Balaban J connectivity index is 1.52. The molecule has 1 aromatic carbocycles. The molecule has 3 aromatic rings. The van der Waals surface area contributed by atoms with E-state index in [9.17, 15) is 4.79 Å². The number of hydrogen-bond donors (Lipinski definition) is 1. The van der Waals surface area contributed by atoms with Gasteiger partial charge in [-0.25, -0.2) is 4.98 Å². The molecule has 0 fully saturated rings. The van der Waals surface area contributed by atoms with E-state index in [-0.39, 0.29) is 18.1 Å². The maximum atomic E-state index is 12.4. The number of aryl methyl sites for hydroxylation is 1. The summed E-state index contributed by atoms with van der Waals surface area (Å²) in [6.07, 6.45) is 1.47. The predicted octanol–water partition coefficient (Wildman–Crippen LogP) is 2.49. The molecule has 0 aliphatic carbocycles. The van der Waals surface area contributed by atoms with Crippen LogP contribution >= 0.6 is 0 Å². The largest absolute Gasteiger partial charge is 0.475 e. The quantitative estimate of drug-likeness (QED) is 0.569. The van der Waals surface area contributed by atoms with Crippen LogP contribution in [0.4, 0.5) is 0 Å². The fourth-order valence-electron chi connectivity index (χ4n) is 2.56. The number of tetrazole rings is 1. The zero-order valence-corrected chi connectivity index (χ0v) is 17.6. The monoisotopic (exact) mass is 410 g/mol. The Bertz CT molecular complexity index is 962. The predicted molar refractivity (Wildman–Crippen MR) is 110 cm³/mol. The lowest BCUT2D eigenvalue weighted by molar-refractivity contribution is -0.0168. The molecule has 0 saturated heterocycles. The van der Waals surface area contributed by atoms with Crippen molar-refractivity contribution in [1.29, 1.82) is 0 Å². The van der Waals surface area contributed by atoms with Gasteiger partial charge < -0.3 is 14.8 Å². The first-order chi connectivity index (χ1) is 14.3. The number of aromatic nitrogens is 5. The molecule has 1 N–H and O–H groups in total. The van der Waals surface area contributed by atoms with Gasteiger partial charge in [0.1, 0.15) is 6.61 Å². The molecule has 0 spiro atoms. The zero-order chi connectivity index (χ0) is 21.6. The van der Waals surface area contributed by atoms with Crippen LogP contribution in [0.3, 0.4) is 0 Å². The highest BCUT2D eigenvalue weighted by molar-refractivity contribution is 5.93. The van der Waals surface area contributed by atoms with E-state index in [1.807, 2.05) is 52.0 Å². The number of carbonyl (C=O) groups excluding carboxylic acids is 1. The summed E-state index contributed by atoms with van der Waals surface area (Å²) in [5.74, 6) is 0.690. The lowest BCUT2D eigenvalue weighted by atomic mass is 10.2. The molecule has 158 valence electrons. The summed E-state index contributed by atoms with van der Waals surface area (Å²) in [5.41, 5.74) is 2.18. The maximum absolute atomic E-state index is 12.4. The summed E-state index contributed by atoms with van der Waals surface area (Å²) in [7, 11) is 0. The van der Waals surface area contributed by atoms with Gasteiger partial charge in [-0.1, -0.05) is 17.7 Å². The third kappa shape index (κ3) is 6.08. The number of pyridine rings is 1. The molecule has 0 unspecified atom stereocenters. The Hall–Kier alpha value is -3.33. The van der Waals surface area contributed by atoms with Gasteiger partial charge in [0.05, 0.1) is 30.0 Å². The topological polar surface area (TPSA) is 104 Å². The van der Waals surface area contributed by atoms with E-state index in [4.69, 9.17) is 9.47 Å². The lowest BCUT2D eigenvalue weighted by Gasteiger charge is -2.19. The Morgan fingerprint density at radius 2 is 1.87 bits per heavy atom. The Labute approximate surface area is 175 Å². The van der Waals surface area contributed by atoms with Gasteiger partial charge in [0.15, 0.2) is 5.82 Å². The van der Waals surface area contributed by atoms with Crippen LogP contribution in [0.15, 0.2) is 42.6 Å². The average molecular weight is 410 g/mol. The van der Waals surface area contributed by atoms with Gasteiger partial charge in [-0.2, -0.15) is 4.68 Å². The summed E-state index contributed by atoms with van der Waals surface area (Å²) in [6, 6.07) is 11.1. The van der Waals surface area contributed by atoms with Crippen LogP contribution in [-0.4, -0.2) is 49.9 Å². The second-order valence-corrected chi connectivity index (χ2v) is 7.72. The van der Waals surface area contributed by atoms with Gasteiger partial charge in [0.25, 0.3) is 5.91 Å². The molecule has 9 heteroatoms. The summed E-state index contributed by atoms with van der Waals surface area (Å²) in [6.45, 7) is 8.99. The third-order valence-corrected chi connectivity index (χ3v) is 4.09. The van der Waals surface area contributed by atoms with Crippen LogP contribution in [0.25, 0.3) is 5.69 Å². The van der Waals surface area contributed by atoms with Gasteiger partial charge in [0, 0.05) is 12.3 Å². The van der Waals surface area contributed by atoms with E-state index >= 15 is 0 Å². The molecule has 0 atom stereocenters. The van der Waals surface area contributed by atoms with E-state index in [2.05, 4.69) is 25.8 Å². The van der Waals surface area contributed by atoms with Crippen molar-refractivity contribution in [3.05, 3.63) is 59.5 Å². The molecule has 0 radical (unpaired) electrons. The molecule has 0 bridgehead atoms. The Morgan fingerprint density at radius 3 is 2.53 bits per heavy atom. The molecule has 1 amide bonds. The number of carbonyl (C=O) groups is 1. The van der Waals surface area contributed by atoms with Crippen molar-refractivity contribution in [2.24, 2.45) is 0 Å². The number of benzene rings is 1. The molecule has 0 aliphatic rings. The van der Waals surface area contributed by atoms with Gasteiger partial charge >= 0.3 is 0 Å². The second-order valence-electron chi connectivity index (χ2n) is 7.72. The minimum atomic E-state index is -0.274. The molecular formula is C21H26N6O3. The van der Waals surface area contributed by atoms with Crippen LogP contribution in [0.5, 0.6) is 5.88 Å². The molecule has 3 rings (SSSR count). The third-order valence-electron chi connectivity index (χ3n) is 4.09. The van der Waals surface area contributed by atoms with Crippen molar-refractivity contribution in [1.82, 2.24) is 30.5 Å². The highest BCUT2D eigenvalue weighted by Gasteiger charge is 2.12. The minimum Gasteiger partial charge on any atom is -0.475 e. The number of amides is 1. The van der Waals surface area contributed by atoms with Crippen LogP contribution in [0.2, 0.25) is 0 Å². The van der Waals surface area contributed by atoms with Gasteiger partial charge in [0.2, 0.25) is 5.88 Å². The number of nitrogens with one attached hydrogen (secondary N) is 1. The number of rotatable bonds is 8. The lowest BCUT2D eigenvalue weighted by Crippen LogP contribution is -2.25. The van der Waals surface area contributed by atoms with Crippen LogP contribution in [0, 0.1) is 6.92 Å². The van der Waals surface area contributed by atoms with E-state index in [0.717, 1.165) is 11.3 Å². The van der Waals surface area contributed by atoms with Crippen LogP contribution in [0.1, 0.15) is 42.5 Å². The summed E-state index contributed by atoms with van der Waals surface area (Å²) in [5, 5.41) is 14.5. The highest BCUT2D eigenvalue weighted by atomic mass is 16.5. The highest BCUT2D eigenvalue weighted by Crippen LogP contribution is 2.11. The normalized spacial score (nSPS) is 11.3. The van der Waals surface area contributed by atoms with Crippen molar-refractivity contribution in [2.45, 2.75) is 39.8 Å². The van der Waals surface area contributed by atoms with E-state index in [0.29, 0.717) is 30.5 Å². The van der Waals surface area contributed by atoms with Crippen molar-refractivity contribution in [2.75, 3.05) is 13.2 Å². The Morgan fingerprint density at radius 1 is 1.10 bits per heavy atom. The smallest absolute Gasteiger partial charge is 0.253 e. The SMILES string of the molecule is Cc1ccc(-n2nnnc2CNC(=O)c2ccc(OCCOC(C)(C)C)nc2)cc1. The zero-order valence-electron chi connectivity index (χ0n) is 17.6. The van der Waals surface area contributed by atoms with Gasteiger partial charge in [-0.05, 0) is 56.3 Å². The number of hydrogen-bond acceptors (Lipinski definition) is 7. The fraction of sp³-hybridized carbons (Fsp3) is 0.381. The van der Waals surface area contributed by atoms with E-state index in [1.165, 1.54) is 6.20 Å². The minimum absolute atomic E-state index is 0.183. The summed E-state index contributed by atoms with van der Waals surface area (Å²) in [4.78, 5) is 16.6. The molecule has 2 aromatic heterocycles. The first kappa shape index (κ1) is 21.4. The first-order valence-corrected chi connectivity index (χ1v) is 9.67. The van der Waals surface area contributed by atoms with E-state index < -0.39 is 0 Å². The molecular weight excluding hydrogens is 384 g/mol. The number of nitrogens with zero attached hydrogens (tertiary/aromatic N) is 5. The standard InChI is InChI=1S/C21H26N6O3/c1-15-5-8-17(9-6-15)27-18(24-25-26-27)14-23-20(28)16-7-10-19(22-13-16)29-11-12-30-21(2,3)4/h5-10,13H,11-12,14H2,1-4H3,(H,23,28). The molecule has 9 nitrogen and oxygen atoms in total.